The molecule has 1 fully saturated rings. The average Bonchev–Trinajstić information content (AvgIpc) is 2.84. The van der Waals surface area contributed by atoms with E-state index in [4.69, 9.17) is 9.57 Å². The van der Waals surface area contributed by atoms with Gasteiger partial charge in [-0.1, -0.05) is 31.2 Å². The van der Waals surface area contributed by atoms with Crippen LogP contribution in [0, 0.1) is 0 Å². The van der Waals surface area contributed by atoms with Crippen LogP contribution in [-0.4, -0.2) is 86.6 Å². The Morgan fingerprint density at radius 3 is 2.50 bits per heavy atom. The molecule has 1 aliphatic heterocycles. The summed E-state index contributed by atoms with van der Waals surface area (Å²) in [6.45, 7) is 8.66. The van der Waals surface area contributed by atoms with E-state index in [1.54, 1.807) is 24.5 Å². The predicted octanol–water partition coefficient (Wildman–Crippen LogP) is 2.85. The number of unbranched alkanes of at least 4 members (excludes halogenated alkanes) is 3. The van der Waals surface area contributed by atoms with Crippen LogP contribution in [0.2, 0.25) is 0 Å². The highest BCUT2D eigenvalue weighted by molar-refractivity contribution is 7.88. The van der Waals surface area contributed by atoms with E-state index < -0.39 is 10.0 Å². The van der Waals surface area contributed by atoms with E-state index in [9.17, 15) is 13.2 Å². The zero-order valence-corrected chi connectivity index (χ0v) is 21.4. The first-order valence-corrected chi connectivity index (χ1v) is 14.0. The minimum Gasteiger partial charge on any atom is -0.379 e. The Bertz CT molecular complexity index is 786. The van der Waals surface area contributed by atoms with E-state index in [1.165, 1.54) is 4.47 Å². The summed E-state index contributed by atoms with van der Waals surface area (Å²) in [7, 11) is -3.51. The van der Waals surface area contributed by atoms with Gasteiger partial charge in [0, 0.05) is 44.3 Å². The number of ether oxygens (including phenoxy) is 1. The molecule has 10 nitrogen and oxygen atoms in total. The van der Waals surface area contributed by atoms with Gasteiger partial charge in [-0.2, -0.15) is 0 Å². The lowest BCUT2D eigenvalue weighted by Crippen LogP contribution is -2.44. The Kier molecular flexibility index (Phi) is 13.4. The molecular weight excluding hydrogens is 458 g/mol. The molecular formula is C23H41N5O5S. The largest absolute Gasteiger partial charge is 0.379 e. The van der Waals surface area contributed by atoms with Gasteiger partial charge in [-0.3, -0.25) is 14.7 Å². The van der Waals surface area contributed by atoms with Gasteiger partial charge in [0.25, 0.3) is 0 Å². The molecule has 0 saturated carbocycles. The Morgan fingerprint density at radius 2 is 1.82 bits per heavy atom. The summed E-state index contributed by atoms with van der Waals surface area (Å²) < 4.78 is 32.7. The summed E-state index contributed by atoms with van der Waals surface area (Å²) in [5, 5.41) is 5.55. The second-order valence-corrected chi connectivity index (χ2v) is 10.3. The number of rotatable bonds is 16. The van der Waals surface area contributed by atoms with Crippen LogP contribution >= 0.6 is 0 Å². The average molecular weight is 500 g/mol. The van der Waals surface area contributed by atoms with Gasteiger partial charge >= 0.3 is 6.03 Å². The summed E-state index contributed by atoms with van der Waals surface area (Å²) >= 11 is 0. The van der Waals surface area contributed by atoms with Gasteiger partial charge in [-0.05, 0) is 37.8 Å². The molecule has 0 radical (unpaired) electrons. The Hall–Kier alpha value is -1.79. The molecule has 2 rings (SSSR count). The van der Waals surface area contributed by atoms with Crippen molar-refractivity contribution in [1.82, 2.24) is 19.7 Å². The maximum atomic E-state index is 13.0. The van der Waals surface area contributed by atoms with Crippen LogP contribution in [-0.2, 0) is 19.6 Å². The number of sulfonamides is 1. The van der Waals surface area contributed by atoms with Gasteiger partial charge in [-0.15, -0.1) is 0 Å². The van der Waals surface area contributed by atoms with Crippen molar-refractivity contribution in [2.45, 2.75) is 58.4 Å². The van der Waals surface area contributed by atoms with Crippen molar-refractivity contribution < 1.29 is 22.8 Å². The lowest BCUT2D eigenvalue weighted by atomic mass is 10.2. The van der Waals surface area contributed by atoms with Crippen molar-refractivity contribution in [2.24, 2.45) is 0 Å². The summed E-state index contributed by atoms with van der Waals surface area (Å²) in [4.78, 5) is 23.8. The second kappa shape index (κ2) is 16.0. The van der Waals surface area contributed by atoms with Crippen LogP contribution in [0.5, 0.6) is 0 Å². The number of nitrogens with one attached hydrogen (secondary N) is 2. The molecule has 11 heteroatoms. The van der Waals surface area contributed by atoms with E-state index in [1.807, 2.05) is 13.8 Å². The highest BCUT2D eigenvalue weighted by atomic mass is 32.2. The van der Waals surface area contributed by atoms with Crippen molar-refractivity contribution in [3.8, 4) is 0 Å². The van der Waals surface area contributed by atoms with Gasteiger partial charge in [0.15, 0.2) is 0 Å². The highest BCUT2D eigenvalue weighted by Crippen LogP contribution is 2.17. The first-order chi connectivity index (χ1) is 16.5. The standard InChI is InChI=1S/C23H41N5O5S/c1-3-22(4-2)28(33-19-16-27-14-17-32-18-15-27)34(30,31)20-8-6-5-7-11-25-23(29)26-21-9-12-24-13-10-21/h9-10,12-13,22H,3-8,11,14-20H2,1-2H3,(H2,24,25,26,29). The maximum Gasteiger partial charge on any atom is 0.319 e. The van der Waals surface area contributed by atoms with Gasteiger partial charge in [-0.25, -0.2) is 13.2 Å². The summed E-state index contributed by atoms with van der Waals surface area (Å²) in [5.41, 5.74) is 0.687. The lowest BCUT2D eigenvalue weighted by Gasteiger charge is -2.31. The van der Waals surface area contributed by atoms with E-state index in [0.29, 0.717) is 57.9 Å². The Labute approximate surface area is 204 Å². The Balaban J connectivity index is 1.66. The second-order valence-electron chi connectivity index (χ2n) is 8.36. The first-order valence-electron chi connectivity index (χ1n) is 12.4. The number of pyridine rings is 1. The molecule has 2 heterocycles. The number of nitrogens with zero attached hydrogens (tertiary/aromatic N) is 3. The molecule has 1 saturated heterocycles. The number of urea groups is 1. The van der Waals surface area contributed by atoms with E-state index >= 15 is 0 Å². The van der Waals surface area contributed by atoms with Crippen molar-refractivity contribution >= 4 is 21.7 Å². The number of hydrogen-bond acceptors (Lipinski definition) is 7. The van der Waals surface area contributed by atoms with Crippen molar-refractivity contribution in [2.75, 3.05) is 57.1 Å². The van der Waals surface area contributed by atoms with Gasteiger partial charge in [0.05, 0.1) is 31.6 Å². The number of amides is 2. The van der Waals surface area contributed by atoms with Gasteiger partial charge in [0.2, 0.25) is 10.0 Å². The third kappa shape index (κ3) is 10.6. The SMILES string of the molecule is CCC(CC)N(OCCN1CCOCC1)S(=O)(=O)CCCCCCNC(=O)Nc1ccncc1. The number of carbonyl (C=O) groups is 1. The molecule has 0 aliphatic carbocycles. The van der Waals surface area contributed by atoms with E-state index in [-0.39, 0.29) is 17.8 Å². The number of hydrogen-bond donors (Lipinski definition) is 2. The molecule has 0 bridgehead atoms. The summed E-state index contributed by atoms with van der Waals surface area (Å²) in [5.74, 6) is 0.0665. The topological polar surface area (TPSA) is 113 Å². The van der Waals surface area contributed by atoms with Crippen molar-refractivity contribution in [3.63, 3.8) is 0 Å². The van der Waals surface area contributed by atoms with Crippen LogP contribution < -0.4 is 10.6 Å². The van der Waals surface area contributed by atoms with E-state index in [0.717, 1.165) is 32.4 Å². The molecule has 1 aromatic heterocycles. The zero-order valence-electron chi connectivity index (χ0n) is 20.6. The number of anilines is 1. The maximum absolute atomic E-state index is 13.0. The molecule has 2 amide bonds. The minimum absolute atomic E-state index is 0.0665. The monoisotopic (exact) mass is 499 g/mol. The highest BCUT2D eigenvalue weighted by Gasteiger charge is 2.29. The van der Waals surface area contributed by atoms with Gasteiger partial charge in [0.1, 0.15) is 0 Å². The number of hydroxylamine groups is 1. The molecule has 0 unspecified atom stereocenters. The van der Waals surface area contributed by atoms with Crippen molar-refractivity contribution in [1.29, 1.82) is 0 Å². The third-order valence-electron chi connectivity index (χ3n) is 5.80. The molecule has 34 heavy (non-hydrogen) atoms. The van der Waals surface area contributed by atoms with Crippen LogP contribution in [0.15, 0.2) is 24.5 Å². The van der Waals surface area contributed by atoms with Crippen LogP contribution in [0.3, 0.4) is 0 Å². The molecule has 0 atom stereocenters. The molecule has 194 valence electrons. The molecule has 2 N–H and O–H groups in total. The lowest BCUT2D eigenvalue weighted by molar-refractivity contribution is -0.121. The summed E-state index contributed by atoms with van der Waals surface area (Å²) in [6, 6.07) is 3.02. The summed E-state index contributed by atoms with van der Waals surface area (Å²) in [6.07, 6.45) is 7.61. The normalized spacial score (nSPS) is 15.1. The predicted molar refractivity (Wildman–Crippen MR) is 133 cm³/mol. The first kappa shape index (κ1) is 28.4. The smallest absolute Gasteiger partial charge is 0.319 e. The van der Waals surface area contributed by atoms with Crippen LogP contribution in [0.1, 0.15) is 52.4 Å². The molecule has 0 aromatic carbocycles. The van der Waals surface area contributed by atoms with Crippen LogP contribution in [0.4, 0.5) is 10.5 Å². The fourth-order valence-corrected chi connectivity index (χ4v) is 5.49. The van der Waals surface area contributed by atoms with Crippen LogP contribution in [0.25, 0.3) is 0 Å². The number of carbonyl (C=O) groups excluding carboxylic acids is 1. The molecule has 0 spiro atoms. The zero-order chi connectivity index (χ0) is 24.7. The molecule has 1 aromatic rings. The van der Waals surface area contributed by atoms with Gasteiger partial charge < -0.3 is 15.4 Å². The fourth-order valence-electron chi connectivity index (χ4n) is 3.75. The quantitative estimate of drug-likeness (QED) is 0.266. The number of aromatic nitrogens is 1. The Morgan fingerprint density at radius 1 is 1.15 bits per heavy atom. The number of morpholine rings is 1. The minimum atomic E-state index is -3.51. The van der Waals surface area contributed by atoms with E-state index in [2.05, 4.69) is 20.5 Å². The van der Waals surface area contributed by atoms with Crippen molar-refractivity contribution in [3.05, 3.63) is 24.5 Å². The third-order valence-corrected chi connectivity index (χ3v) is 7.55. The molecule has 1 aliphatic rings. The fraction of sp³-hybridized carbons (Fsp3) is 0.739.